The van der Waals surface area contributed by atoms with Crippen molar-refractivity contribution in [2.24, 2.45) is 0 Å². The molecular formula is C30H36FN7O. The lowest BCUT2D eigenvalue weighted by Crippen LogP contribution is -2.11. The van der Waals surface area contributed by atoms with E-state index in [1.807, 2.05) is 50.7 Å². The van der Waals surface area contributed by atoms with E-state index in [2.05, 4.69) is 38.2 Å². The molecule has 0 radical (unpaired) electrons. The molecule has 4 aromatic rings. The maximum absolute atomic E-state index is 9.50. The van der Waals surface area contributed by atoms with Crippen LogP contribution in [0.3, 0.4) is 0 Å². The Morgan fingerprint density at radius 2 is 2.03 bits per heavy atom. The predicted octanol–water partition coefficient (Wildman–Crippen LogP) is 5.56. The van der Waals surface area contributed by atoms with Gasteiger partial charge in [0.1, 0.15) is 11.5 Å². The molecule has 9 heteroatoms. The summed E-state index contributed by atoms with van der Waals surface area (Å²) in [5.41, 5.74) is 5.84. The Morgan fingerprint density at radius 3 is 2.64 bits per heavy atom. The lowest BCUT2D eigenvalue weighted by Gasteiger charge is -2.11. The number of halogens is 1. The van der Waals surface area contributed by atoms with Gasteiger partial charge in [0.15, 0.2) is 5.82 Å². The van der Waals surface area contributed by atoms with Crippen molar-refractivity contribution in [2.75, 3.05) is 32.6 Å². The summed E-state index contributed by atoms with van der Waals surface area (Å²) in [5.74, 6) is 2.07. The molecule has 1 unspecified atom stereocenters. The molecule has 0 amide bonds. The number of aromatic amines is 1. The van der Waals surface area contributed by atoms with Crippen molar-refractivity contribution in [3.8, 4) is 11.4 Å². The highest BCUT2D eigenvalue weighted by Crippen LogP contribution is 2.44. The first-order chi connectivity index (χ1) is 19.1. The molecule has 1 saturated carbocycles. The van der Waals surface area contributed by atoms with E-state index in [1.165, 1.54) is 18.4 Å². The molecule has 2 aliphatic rings. The molecule has 0 aromatic carbocycles. The Bertz CT molecular complexity index is 1480. The van der Waals surface area contributed by atoms with Crippen LogP contribution in [0.4, 0.5) is 10.2 Å². The molecule has 1 aliphatic carbocycles. The fraction of sp³-hybridized carbons (Fsp3) is 0.333. The largest absolute Gasteiger partial charge is 0.392 e. The molecule has 8 nitrogen and oxygen atoms in total. The van der Waals surface area contributed by atoms with Gasteiger partial charge in [-0.05, 0) is 61.9 Å². The summed E-state index contributed by atoms with van der Waals surface area (Å²) >= 11 is 0. The number of hydrogen-bond acceptors (Lipinski definition) is 7. The van der Waals surface area contributed by atoms with Crippen molar-refractivity contribution in [1.29, 1.82) is 0 Å². The van der Waals surface area contributed by atoms with Gasteiger partial charge in [-0.3, -0.25) is 9.37 Å². The van der Waals surface area contributed by atoms with Crippen LogP contribution in [0.25, 0.3) is 38.9 Å². The molecule has 1 atom stereocenters. The number of H-pyrrole nitrogens is 1. The lowest BCUT2D eigenvalue weighted by molar-refractivity contribution is 0.196. The summed E-state index contributed by atoms with van der Waals surface area (Å²) in [6.45, 7) is 7.60. The molecule has 204 valence electrons. The quantitative estimate of drug-likeness (QED) is 0.242. The third-order valence-electron chi connectivity index (χ3n) is 6.65. The average Bonchev–Trinajstić information content (AvgIpc) is 3.54. The number of allylic oxidation sites excluding steroid dienone is 5. The number of nitrogens with one attached hydrogen (secondary N) is 3. The van der Waals surface area contributed by atoms with Crippen molar-refractivity contribution in [3.05, 3.63) is 72.9 Å². The topological polar surface area (TPSA) is 112 Å². The van der Waals surface area contributed by atoms with Crippen LogP contribution in [0, 0.1) is 0 Å². The average molecular weight is 530 g/mol. The van der Waals surface area contributed by atoms with Gasteiger partial charge >= 0.3 is 0 Å². The number of pyridine rings is 2. The Kier molecular flexibility index (Phi) is 9.51. The molecule has 0 spiro atoms. The summed E-state index contributed by atoms with van der Waals surface area (Å²) in [7, 11) is 2.41. The van der Waals surface area contributed by atoms with E-state index in [4.69, 9.17) is 15.1 Å². The minimum Gasteiger partial charge on any atom is -0.392 e. The second-order valence-electron chi connectivity index (χ2n) is 9.35. The van der Waals surface area contributed by atoms with Crippen molar-refractivity contribution >= 4 is 33.3 Å². The Hall–Kier alpha value is -3.95. The van der Waals surface area contributed by atoms with Crippen LogP contribution < -0.4 is 10.6 Å². The number of rotatable bonds is 6. The van der Waals surface area contributed by atoms with Crippen molar-refractivity contribution in [1.82, 2.24) is 30.2 Å². The van der Waals surface area contributed by atoms with Crippen LogP contribution in [0.15, 0.2) is 61.6 Å². The number of anilines is 1. The highest BCUT2D eigenvalue weighted by molar-refractivity contribution is 5.98. The van der Waals surface area contributed by atoms with E-state index in [-0.39, 0.29) is 6.10 Å². The van der Waals surface area contributed by atoms with Crippen LogP contribution in [0.2, 0.25) is 0 Å². The molecule has 6 rings (SSSR count). The molecule has 0 bridgehead atoms. The zero-order valence-corrected chi connectivity index (χ0v) is 22.7. The number of β-amino-alcohol motifs (C(OH)–C–C–N with tert-alkyl or cyclic N) is 1. The van der Waals surface area contributed by atoms with Gasteiger partial charge in [0.05, 0.1) is 25.0 Å². The minimum atomic E-state index is -0.0648. The molecule has 39 heavy (non-hydrogen) atoms. The number of nitrogens with zero attached hydrogens (tertiary/aromatic N) is 4. The van der Waals surface area contributed by atoms with E-state index < -0.39 is 0 Å². The first-order valence-corrected chi connectivity index (χ1v) is 13.2. The third kappa shape index (κ3) is 6.38. The molecular weight excluding hydrogens is 493 g/mol. The summed E-state index contributed by atoms with van der Waals surface area (Å²) in [4.78, 5) is 22.2. The highest BCUT2D eigenvalue weighted by atomic mass is 19.1. The number of aliphatic hydroxyl groups is 1. The van der Waals surface area contributed by atoms with Gasteiger partial charge in [0, 0.05) is 48.0 Å². The summed E-state index contributed by atoms with van der Waals surface area (Å²) in [5, 5.41) is 17.0. The SMILES string of the molecule is C=C/C=C(\C=C/C)c1cc2c(-c3nc(NC)c4c(C5CC5)cncc4n3)ccnc2[nH]1.CF.OC1CCNC1. The summed E-state index contributed by atoms with van der Waals surface area (Å²) < 4.78 is 9.50. The Balaban J connectivity index is 0.000000385. The number of hydrogen-bond donors (Lipinski definition) is 4. The number of aromatic nitrogens is 5. The highest BCUT2D eigenvalue weighted by Gasteiger charge is 2.27. The number of aliphatic hydroxyl groups excluding tert-OH is 1. The van der Waals surface area contributed by atoms with E-state index in [9.17, 15) is 4.39 Å². The van der Waals surface area contributed by atoms with Gasteiger partial charge in [-0.2, -0.15) is 0 Å². The Labute approximate surface area is 228 Å². The second kappa shape index (κ2) is 13.2. The van der Waals surface area contributed by atoms with E-state index >= 15 is 0 Å². The molecule has 4 aromatic heterocycles. The van der Waals surface area contributed by atoms with Crippen molar-refractivity contribution in [3.63, 3.8) is 0 Å². The number of alkyl halides is 1. The predicted molar refractivity (Wildman–Crippen MR) is 157 cm³/mol. The molecule has 1 saturated heterocycles. The monoisotopic (exact) mass is 529 g/mol. The Morgan fingerprint density at radius 1 is 1.21 bits per heavy atom. The first kappa shape index (κ1) is 28.1. The van der Waals surface area contributed by atoms with Gasteiger partial charge in [-0.15, -0.1) is 0 Å². The maximum Gasteiger partial charge on any atom is 0.163 e. The standard InChI is InChI=1S/C25H24N6.C4H9NO.CH3F/c1-4-6-16(7-5-2)20-12-18-17(10-11-28-23(18)29-20)24-30-21-14-27-13-19(15-8-9-15)22(21)25(26-3)31-24;6-4-1-2-5-3-4;1-2/h4-7,10-15H,1,8-9H2,2-3H3,(H,28,29)(H,26,30,31);4-6H,1-3H2;1H3/b7-5-,16-6+;;. The number of fused-ring (bicyclic) bond motifs is 2. The van der Waals surface area contributed by atoms with Crippen LogP contribution in [0.5, 0.6) is 0 Å². The van der Waals surface area contributed by atoms with Gasteiger partial charge in [0.25, 0.3) is 0 Å². The van der Waals surface area contributed by atoms with Gasteiger partial charge in [-0.25, -0.2) is 15.0 Å². The fourth-order valence-corrected chi connectivity index (χ4v) is 4.67. The fourth-order valence-electron chi connectivity index (χ4n) is 4.67. The van der Waals surface area contributed by atoms with Crippen molar-refractivity contribution in [2.45, 2.75) is 38.2 Å². The molecule has 5 heterocycles. The van der Waals surface area contributed by atoms with E-state index in [0.717, 1.165) is 64.1 Å². The molecule has 1 aliphatic heterocycles. The summed E-state index contributed by atoms with van der Waals surface area (Å²) in [6.07, 6.45) is 16.7. The lowest BCUT2D eigenvalue weighted by atomic mass is 10.1. The van der Waals surface area contributed by atoms with E-state index in [1.54, 1.807) is 12.3 Å². The second-order valence-corrected chi connectivity index (χ2v) is 9.35. The minimum absolute atomic E-state index is 0.0648. The molecule has 2 fully saturated rings. The maximum atomic E-state index is 9.50. The van der Waals surface area contributed by atoms with E-state index in [0.29, 0.717) is 18.9 Å². The third-order valence-corrected chi connectivity index (χ3v) is 6.65. The molecule has 4 N–H and O–H groups in total. The van der Waals surface area contributed by atoms with Gasteiger partial charge < -0.3 is 20.7 Å². The normalized spacial score (nSPS) is 17.1. The van der Waals surface area contributed by atoms with Gasteiger partial charge in [-0.1, -0.05) is 30.9 Å². The van der Waals surface area contributed by atoms with Gasteiger partial charge in [0.2, 0.25) is 0 Å². The smallest absolute Gasteiger partial charge is 0.163 e. The zero-order chi connectivity index (χ0) is 27.8. The van der Waals surface area contributed by atoms with Crippen LogP contribution >= 0.6 is 0 Å². The zero-order valence-electron chi connectivity index (χ0n) is 22.7. The van der Waals surface area contributed by atoms with Crippen LogP contribution in [0.1, 0.15) is 43.4 Å². The summed E-state index contributed by atoms with van der Waals surface area (Å²) in [6, 6.07) is 4.06. The van der Waals surface area contributed by atoms with Crippen LogP contribution in [-0.2, 0) is 0 Å². The van der Waals surface area contributed by atoms with Crippen LogP contribution in [-0.4, -0.2) is 63.4 Å². The van der Waals surface area contributed by atoms with Crippen molar-refractivity contribution < 1.29 is 9.50 Å². The first-order valence-electron chi connectivity index (χ1n) is 13.2.